The zero-order valence-corrected chi connectivity index (χ0v) is 11.2. The van der Waals surface area contributed by atoms with E-state index in [0.717, 1.165) is 5.71 Å². The van der Waals surface area contributed by atoms with E-state index >= 15 is 0 Å². The zero-order chi connectivity index (χ0) is 13.8. The Labute approximate surface area is 112 Å². The van der Waals surface area contributed by atoms with Crippen LogP contribution in [-0.2, 0) is 0 Å². The molecule has 0 spiro atoms. The molecule has 2 rings (SSSR count). The molecule has 102 valence electrons. The third-order valence-electron chi connectivity index (χ3n) is 3.43. The Morgan fingerprint density at radius 2 is 2.32 bits per heavy atom. The second-order valence-corrected chi connectivity index (χ2v) is 4.73. The molecule has 1 atom stereocenters. The van der Waals surface area contributed by atoms with E-state index in [1.807, 2.05) is 13.0 Å². The summed E-state index contributed by atoms with van der Waals surface area (Å²) in [6.45, 7) is 3.12. The number of oxime groups is 1. The van der Waals surface area contributed by atoms with Gasteiger partial charge >= 0.3 is 0 Å². The standard InChI is InChI=1S/C14H18N2O3/c1-10-9-16(7-6-13(10)15-18)14(17)11-4-3-5-12(8-11)19-2/h3-5,8,10,18H,6-7,9H2,1-2H3/b15-13-. The monoisotopic (exact) mass is 262 g/mol. The van der Waals surface area contributed by atoms with Crippen LogP contribution in [-0.4, -0.2) is 41.9 Å². The normalized spacial score (nSPS) is 21.5. The van der Waals surface area contributed by atoms with Crippen molar-refractivity contribution in [2.24, 2.45) is 11.1 Å². The first-order chi connectivity index (χ1) is 9.15. The lowest BCUT2D eigenvalue weighted by Gasteiger charge is -2.31. The molecule has 0 bridgehead atoms. The summed E-state index contributed by atoms with van der Waals surface area (Å²) >= 11 is 0. The van der Waals surface area contributed by atoms with Gasteiger partial charge in [0.2, 0.25) is 0 Å². The Hall–Kier alpha value is -2.04. The first-order valence-electron chi connectivity index (χ1n) is 6.30. The average Bonchev–Trinajstić information content (AvgIpc) is 2.46. The molecule has 0 saturated carbocycles. The van der Waals surface area contributed by atoms with Crippen LogP contribution < -0.4 is 4.74 Å². The minimum absolute atomic E-state index is 0.0114. The summed E-state index contributed by atoms with van der Waals surface area (Å²) in [6.07, 6.45) is 0.618. The van der Waals surface area contributed by atoms with Crippen LogP contribution in [0.15, 0.2) is 29.4 Å². The van der Waals surface area contributed by atoms with Gasteiger partial charge in [-0.3, -0.25) is 4.79 Å². The van der Waals surface area contributed by atoms with Crippen LogP contribution in [0.1, 0.15) is 23.7 Å². The molecule has 19 heavy (non-hydrogen) atoms. The number of carbonyl (C=O) groups excluding carboxylic acids is 1. The Morgan fingerprint density at radius 3 is 2.95 bits per heavy atom. The molecule has 5 nitrogen and oxygen atoms in total. The van der Waals surface area contributed by atoms with E-state index < -0.39 is 0 Å². The number of piperidine rings is 1. The topological polar surface area (TPSA) is 62.1 Å². The van der Waals surface area contributed by atoms with Gasteiger partial charge in [0, 0.05) is 31.0 Å². The number of benzene rings is 1. The van der Waals surface area contributed by atoms with Crippen molar-refractivity contribution >= 4 is 11.6 Å². The Morgan fingerprint density at radius 1 is 1.53 bits per heavy atom. The minimum atomic E-state index is -0.0114. The SMILES string of the molecule is COc1cccc(C(=O)N2CC/C(=N/O)C(C)C2)c1. The van der Waals surface area contributed by atoms with Gasteiger partial charge in [-0.05, 0) is 18.2 Å². The molecule has 5 heteroatoms. The van der Waals surface area contributed by atoms with E-state index in [2.05, 4.69) is 5.16 Å². The lowest BCUT2D eigenvalue weighted by molar-refractivity contribution is 0.0733. The number of hydrogen-bond acceptors (Lipinski definition) is 4. The third-order valence-corrected chi connectivity index (χ3v) is 3.43. The highest BCUT2D eigenvalue weighted by molar-refractivity contribution is 5.96. The summed E-state index contributed by atoms with van der Waals surface area (Å²) in [5.41, 5.74) is 1.38. The number of carbonyl (C=O) groups is 1. The Balaban J connectivity index is 2.12. The van der Waals surface area contributed by atoms with Gasteiger partial charge in [0.05, 0.1) is 12.8 Å². The maximum absolute atomic E-state index is 12.4. The molecule has 0 aromatic heterocycles. The number of methoxy groups -OCH3 is 1. The largest absolute Gasteiger partial charge is 0.497 e. The van der Waals surface area contributed by atoms with E-state index in [9.17, 15) is 4.79 Å². The summed E-state index contributed by atoms with van der Waals surface area (Å²) in [6, 6.07) is 7.14. The quantitative estimate of drug-likeness (QED) is 0.655. The molecule has 1 saturated heterocycles. The van der Waals surface area contributed by atoms with Gasteiger partial charge in [0.1, 0.15) is 5.75 Å². The van der Waals surface area contributed by atoms with Crippen LogP contribution in [0.3, 0.4) is 0 Å². The van der Waals surface area contributed by atoms with Gasteiger partial charge in [-0.2, -0.15) is 0 Å². The van der Waals surface area contributed by atoms with E-state index in [1.54, 1.807) is 30.2 Å². The van der Waals surface area contributed by atoms with Crippen LogP contribution in [0.25, 0.3) is 0 Å². The summed E-state index contributed by atoms with van der Waals surface area (Å²) in [5, 5.41) is 12.1. The van der Waals surface area contributed by atoms with Gasteiger partial charge in [-0.1, -0.05) is 18.1 Å². The molecule has 1 unspecified atom stereocenters. The second-order valence-electron chi connectivity index (χ2n) is 4.73. The summed E-state index contributed by atoms with van der Waals surface area (Å²) in [4.78, 5) is 14.2. The zero-order valence-electron chi connectivity index (χ0n) is 11.2. The summed E-state index contributed by atoms with van der Waals surface area (Å²) in [5.74, 6) is 0.754. The molecule has 1 aromatic carbocycles. The average molecular weight is 262 g/mol. The molecule has 1 amide bonds. The number of nitrogens with zero attached hydrogens (tertiary/aromatic N) is 2. The molecule has 1 aliphatic rings. The Bertz CT molecular complexity index is 499. The van der Waals surface area contributed by atoms with Crippen molar-refractivity contribution in [2.75, 3.05) is 20.2 Å². The van der Waals surface area contributed by atoms with E-state index in [0.29, 0.717) is 30.8 Å². The number of rotatable bonds is 2. The predicted octanol–water partition coefficient (Wildman–Crippen LogP) is 2.01. The minimum Gasteiger partial charge on any atom is -0.497 e. The van der Waals surface area contributed by atoms with Crippen molar-refractivity contribution in [1.82, 2.24) is 4.90 Å². The first kappa shape index (κ1) is 13.4. The second kappa shape index (κ2) is 5.73. The van der Waals surface area contributed by atoms with Gasteiger partial charge in [-0.15, -0.1) is 0 Å². The fourth-order valence-corrected chi connectivity index (χ4v) is 2.29. The van der Waals surface area contributed by atoms with E-state index in [4.69, 9.17) is 9.94 Å². The highest BCUT2D eigenvalue weighted by Gasteiger charge is 2.26. The fraction of sp³-hybridized carbons (Fsp3) is 0.429. The molecule has 1 fully saturated rings. The van der Waals surface area contributed by atoms with Crippen LogP contribution in [0.2, 0.25) is 0 Å². The molecular formula is C14H18N2O3. The van der Waals surface area contributed by atoms with Crippen LogP contribution in [0.4, 0.5) is 0 Å². The van der Waals surface area contributed by atoms with Gasteiger partial charge in [0.15, 0.2) is 0 Å². The summed E-state index contributed by atoms with van der Waals surface area (Å²) in [7, 11) is 1.58. The first-order valence-corrected chi connectivity index (χ1v) is 6.30. The molecule has 0 radical (unpaired) electrons. The van der Waals surface area contributed by atoms with Crippen LogP contribution in [0.5, 0.6) is 5.75 Å². The van der Waals surface area contributed by atoms with Crippen LogP contribution in [0, 0.1) is 5.92 Å². The maximum atomic E-state index is 12.4. The molecular weight excluding hydrogens is 244 g/mol. The highest BCUT2D eigenvalue weighted by atomic mass is 16.5. The van der Waals surface area contributed by atoms with Crippen LogP contribution >= 0.6 is 0 Å². The maximum Gasteiger partial charge on any atom is 0.254 e. The molecule has 1 aliphatic heterocycles. The van der Waals surface area contributed by atoms with Crippen molar-refractivity contribution in [3.63, 3.8) is 0 Å². The van der Waals surface area contributed by atoms with Gasteiger partial charge < -0.3 is 14.8 Å². The lowest BCUT2D eigenvalue weighted by Crippen LogP contribution is -2.43. The molecule has 1 heterocycles. The molecule has 1 N–H and O–H groups in total. The van der Waals surface area contributed by atoms with Crippen molar-refractivity contribution < 1.29 is 14.7 Å². The van der Waals surface area contributed by atoms with Crippen molar-refractivity contribution in [3.05, 3.63) is 29.8 Å². The highest BCUT2D eigenvalue weighted by Crippen LogP contribution is 2.19. The van der Waals surface area contributed by atoms with E-state index in [-0.39, 0.29) is 11.8 Å². The molecule has 1 aromatic rings. The van der Waals surface area contributed by atoms with Crippen molar-refractivity contribution in [2.45, 2.75) is 13.3 Å². The lowest BCUT2D eigenvalue weighted by atomic mass is 9.97. The van der Waals surface area contributed by atoms with Gasteiger partial charge in [-0.25, -0.2) is 0 Å². The number of amides is 1. The van der Waals surface area contributed by atoms with E-state index in [1.165, 1.54) is 0 Å². The van der Waals surface area contributed by atoms with Crippen molar-refractivity contribution in [3.8, 4) is 5.75 Å². The number of ether oxygens (including phenoxy) is 1. The van der Waals surface area contributed by atoms with Crippen molar-refractivity contribution in [1.29, 1.82) is 0 Å². The van der Waals surface area contributed by atoms with Gasteiger partial charge in [0.25, 0.3) is 5.91 Å². The number of likely N-dealkylation sites (tertiary alicyclic amines) is 1. The number of hydrogen-bond donors (Lipinski definition) is 1. The smallest absolute Gasteiger partial charge is 0.254 e. The third kappa shape index (κ3) is 2.86. The predicted molar refractivity (Wildman–Crippen MR) is 71.9 cm³/mol. The Kier molecular flexibility index (Phi) is 4.04. The molecule has 0 aliphatic carbocycles. The fourth-order valence-electron chi connectivity index (χ4n) is 2.29. The summed E-state index contributed by atoms with van der Waals surface area (Å²) < 4.78 is 5.13.